The molecule has 0 spiro atoms. The summed E-state index contributed by atoms with van der Waals surface area (Å²) in [6, 6.07) is 20.1. The Labute approximate surface area is 159 Å². The van der Waals surface area contributed by atoms with Gasteiger partial charge < -0.3 is 4.42 Å². The largest absolute Gasteiger partial charge is 0.420 e. The lowest BCUT2D eigenvalue weighted by molar-refractivity contribution is 0.528. The van der Waals surface area contributed by atoms with E-state index in [-0.39, 0.29) is 0 Å². The second-order valence-electron chi connectivity index (χ2n) is 6.18. The Bertz CT molecular complexity index is 1250. The van der Waals surface area contributed by atoms with Crippen LogP contribution in [0.25, 0.3) is 28.0 Å². The van der Waals surface area contributed by atoms with Crippen molar-refractivity contribution < 1.29 is 4.42 Å². The number of thioether (sulfide) groups is 1. The van der Waals surface area contributed by atoms with Gasteiger partial charge in [0.05, 0.1) is 11.3 Å². The van der Waals surface area contributed by atoms with Crippen molar-refractivity contribution in [2.75, 3.05) is 0 Å². The van der Waals surface area contributed by atoms with E-state index in [4.69, 9.17) is 4.42 Å². The zero-order valence-corrected chi connectivity index (χ0v) is 15.3. The van der Waals surface area contributed by atoms with Crippen molar-refractivity contribution in [2.24, 2.45) is 0 Å². The van der Waals surface area contributed by atoms with Crippen LogP contribution in [-0.2, 0) is 5.75 Å². The van der Waals surface area contributed by atoms with Crippen molar-refractivity contribution in [3.63, 3.8) is 0 Å². The van der Waals surface area contributed by atoms with E-state index in [0.717, 1.165) is 21.9 Å². The first-order valence-electron chi connectivity index (χ1n) is 8.54. The van der Waals surface area contributed by atoms with Crippen LogP contribution in [0.15, 0.2) is 70.2 Å². The molecule has 6 nitrogen and oxygen atoms in total. The SMILES string of the molecule is Cc1cc2nnc(SCc3nnc(-c4ccccc4)o3)n2c2ccccc12. The van der Waals surface area contributed by atoms with Crippen molar-refractivity contribution in [3.8, 4) is 11.5 Å². The second-order valence-corrected chi connectivity index (χ2v) is 7.12. The van der Waals surface area contributed by atoms with Crippen LogP contribution >= 0.6 is 11.8 Å². The van der Waals surface area contributed by atoms with Gasteiger partial charge in [0, 0.05) is 10.9 Å². The summed E-state index contributed by atoms with van der Waals surface area (Å²) in [5, 5.41) is 19.0. The standard InChI is InChI=1S/C20H15N5OS/c1-13-11-17-21-24-20(25(17)16-10-6-5-9-15(13)16)27-12-18-22-23-19(26-18)14-7-3-2-4-8-14/h2-11H,12H2,1H3. The smallest absolute Gasteiger partial charge is 0.247 e. The summed E-state index contributed by atoms with van der Waals surface area (Å²) in [6.07, 6.45) is 0. The molecule has 0 saturated heterocycles. The number of fused-ring (bicyclic) bond motifs is 3. The van der Waals surface area contributed by atoms with Crippen molar-refractivity contribution in [2.45, 2.75) is 17.8 Å². The number of nitrogens with zero attached hydrogens (tertiary/aromatic N) is 5. The highest BCUT2D eigenvalue weighted by Gasteiger charge is 2.14. The van der Waals surface area contributed by atoms with Gasteiger partial charge in [-0.15, -0.1) is 20.4 Å². The van der Waals surface area contributed by atoms with Crippen LogP contribution in [-0.4, -0.2) is 24.8 Å². The van der Waals surface area contributed by atoms with Crippen molar-refractivity contribution in [3.05, 3.63) is 72.1 Å². The number of rotatable bonds is 4. The second kappa shape index (κ2) is 6.51. The zero-order chi connectivity index (χ0) is 18.2. The molecule has 7 heteroatoms. The summed E-state index contributed by atoms with van der Waals surface area (Å²) in [6.45, 7) is 2.09. The Balaban J connectivity index is 1.46. The molecular formula is C20H15N5OS. The van der Waals surface area contributed by atoms with Gasteiger partial charge in [0.2, 0.25) is 11.8 Å². The van der Waals surface area contributed by atoms with Gasteiger partial charge in [-0.05, 0) is 36.8 Å². The fourth-order valence-electron chi connectivity index (χ4n) is 3.10. The van der Waals surface area contributed by atoms with E-state index < -0.39 is 0 Å². The maximum absolute atomic E-state index is 5.79. The van der Waals surface area contributed by atoms with Crippen molar-refractivity contribution in [1.82, 2.24) is 24.8 Å². The molecule has 27 heavy (non-hydrogen) atoms. The van der Waals surface area contributed by atoms with E-state index in [9.17, 15) is 0 Å². The van der Waals surface area contributed by atoms with Gasteiger partial charge in [0.15, 0.2) is 10.8 Å². The molecule has 0 atom stereocenters. The number of hydrogen-bond donors (Lipinski definition) is 0. The average molecular weight is 373 g/mol. The Morgan fingerprint density at radius 2 is 1.74 bits per heavy atom. The monoisotopic (exact) mass is 373 g/mol. The third-order valence-electron chi connectivity index (χ3n) is 4.39. The predicted molar refractivity (Wildman–Crippen MR) is 105 cm³/mol. The fraction of sp³-hybridized carbons (Fsp3) is 0.100. The first-order valence-corrected chi connectivity index (χ1v) is 9.52. The summed E-state index contributed by atoms with van der Waals surface area (Å²) in [7, 11) is 0. The van der Waals surface area contributed by atoms with Crippen LogP contribution in [0.2, 0.25) is 0 Å². The highest BCUT2D eigenvalue weighted by Crippen LogP contribution is 2.28. The van der Waals surface area contributed by atoms with Gasteiger partial charge in [-0.25, -0.2) is 0 Å². The fourth-order valence-corrected chi connectivity index (χ4v) is 3.89. The third kappa shape index (κ3) is 2.86. The van der Waals surface area contributed by atoms with Crippen molar-refractivity contribution >= 4 is 28.3 Å². The van der Waals surface area contributed by atoms with Crippen LogP contribution in [0.5, 0.6) is 0 Å². The Kier molecular flexibility index (Phi) is 3.86. The van der Waals surface area contributed by atoms with Gasteiger partial charge in [0.1, 0.15) is 0 Å². The Hall–Kier alpha value is -3.19. The Morgan fingerprint density at radius 3 is 2.63 bits per heavy atom. The first kappa shape index (κ1) is 16.0. The normalized spacial score (nSPS) is 11.4. The molecule has 0 amide bonds. The molecule has 132 valence electrons. The lowest BCUT2D eigenvalue weighted by Gasteiger charge is -2.06. The number of hydrogen-bond acceptors (Lipinski definition) is 6. The maximum Gasteiger partial charge on any atom is 0.247 e. The lowest BCUT2D eigenvalue weighted by atomic mass is 10.1. The Morgan fingerprint density at radius 1 is 0.926 bits per heavy atom. The van der Waals surface area contributed by atoms with Gasteiger partial charge in [0.25, 0.3) is 0 Å². The van der Waals surface area contributed by atoms with E-state index in [1.54, 1.807) is 0 Å². The van der Waals surface area contributed by atoms with Crippen LogP contribution in [0.1, 0.15) is 11.5 Å². The van der Waals surface area contributed by atoms with E-state index in [0.29, 0.717) is 17.5 Å². The quantitative estimate of drug-likeness (QED) is 0.431. The minimum atomic E-state index is 0.526. The topological polar surface area (TPSA) is 69.1 Å². The maximum atomic E-state index is 5.79. The summed E-state index contributed by atoms with van der Waals surface area (Å²) in [5.74, 6) is 1.62. The van der Waals surface area contributed by atoms with E-state index >= 15 is 0 Å². The molecule has 0 aliphatic carbocycles. The van der Waals surface area contributed by atoms with Crippen LogP contribution < -0.4 is 0 Å². The molecule has 0 aliphatic heterocycles. The first-order chi connectivity index (χ1) is 13.3. The molecule has 5 aromatic rings. The molecule has 0 bridgehead atoms. The summed E-state index contributed by atoms with van der Waals surface area (Å²) in [5.41, 5.74) is 4.03. The number of aromatic nitrogens is 5. The van der Waals surface area contributed by atoms with Gasteiger partial charge in [-0.2, -0.15) is 0 Å². The highest BCUT2D eigenvalue weighted by atomic mass is 32.2. The number of aryl methyl sites for hydroxylation is 1. The van der Waals surface area contributed by atoms with Crippen LogP contribution in [0.3, 0.4) is 0 Å². The summed E-state index contributed by atoms with van der Waals surface area (Å²) >= 11 is 1.53. The summed E-state index contributed by atoms with van der Waals surface area (Å²) in [4.78, 5) is 0. The summed E-state index contributed by atoms with van der Waals surface area (Å²) < 4.78 is 7.86. The van der Waals surface area contributed by atoms with Crippen LogP contribution in [0.4, 0.5) is 0 Å². The third-order valence-corrected chi connectivity index (χ3v) is 5.30. The minimum Gasteiger partial charge on any atom is -0.420 e. The lowest BCUT2D eigenvalue weighted by Crippen LogP contribution is -1.93. The molecule has 2 aromatic carbocycles. The van der Waals surface area contributed by atoms with Gasteiger partial charge in [-0.3, -0.25) is 4.40 Å². The molecular weight excluding hydrogens is 358 g/mol. The molecule has 0 fully saturated rings. The molecule has 3 heterocycles. The molecule has 0 aliphatic rings. The van der Waals surface area contributed by atoms with E-state index in [1.807, 2.05) is 42.5 Å². The van der Waals surface area contributed by atoms with Gasteiger partial charge >= 0.3 is 0 Å². The van der Waals surface area contributed by atoms with E-state index in [2.05, 4.69) is 49.9 Å². The molecule has 0 radical (unpaired) electrons. The predicted octanol–water partition coefficient (Wildman–Crippen LogP) is 4.53. The number of pyridine rings is 1. The zero-order valence-electron chi connectivity index (χ0n) is 14.5. The average Bonchev–Trinajstić information content (AvgIpc) is 3.34. The van der Waals surface area contributed by atoms with Crippen molar-refractivity contribution in [1.29, 1.82) is 0 Å². The number of para-hydroxylation sites is 1. The van der Waals surface area contributed by atoms with E-state index in [1.165, 1.54) is 22.7 Å². The molecule has 5 rings (SSSR count). The molecule has 3 aromatic heterocycles. The molecule has 0 N–H and O–H groups in total. The minimum absolute atomic E-state index is 0.526. The van der Waals surface area contributed by atoms with Gasteiger partial charge in [-0.1, -0.05) is 48.2 Å². The highest BCUT2D eigenvalue weighted by molar-refractivity contribution is 7.98. The van der Waals surface area contributed by atoms with Crippen LogP contribution in [0, 0.1) is 6.92 Å². The molecule has 0 saturated carbocycles. The number of benzene rings is 2. The molecule has 0 unspecified atom stereocenters.